The summed E-state index contributed by atoms with van der Waals surface area (Å²) in [5, 5.41) is 0. The van der Waals surface area contributed by atoms with Crippen molar-refractivity contribution in [2.24, 2.45) is 5.73 Å². The van der Waals surface area contributed by atoms with Gasteiger partial charge in [0.25, 0.3) is 0 Å². The number of nitrogens with two attached hydrogens (primary N) is 1. The lowest BCUT2D eigenvalue weighted by atomic mass is 10.2. The van der Waals surface area contributed by atoms with Crippen LogP contribution in [0.1, 0.15) is 37.5 Å². The van der Waals surface area contributed by atoms with Gasteiger partial charge >= 0.3 is 0 Å². The van der Waals surface area contributed by atoms with Crippen molar-refractivity contribution in [2.45, 2.75) is 45.3 Å². The Morgan fingerprint density at radius 2 is 2.33 bits per heavy atom. The van der Waals surface area contributed by atoms with Crippen molar-refractivity contribution in [3.8, 4) is 0 Å². The van der Waals surface area contributed by atoms with Gasteiger partial charge in [0.15, 0.2) is 0 Å². The summed E-state index contributed by atoms with van der Waals surface area (Å²) in [6.07, 6.45) is 5.64. The van der Waals surface area contributed by atoms with E-state index in [0.29, 0.717) is 6.54 Å². The molecule has 0 amide bonds. The van der Waals surface area contributed by atoms with Crippen LogP contribution in [0.2, 0.25) is 0 Å². The molecule has 1 heterocycles. The van der Waals surface area contributed by atoms with Crippen LogP contribution in [0.15, 0.2) is 16.7 Å². The maximum absolute atomic E-state index is 5.66. The fourth-order valence-corrected chi connectivity index (χ4v) is 1.99. The van der Waals surface area contributed by atoms with Gasteiger partial charge in [-0.3, -0.25) is 4.90 Å². The highest BCUT2D eigenvalue weighted by Crippen LogP contribution is 2.29. The van der Waals surface area contributed by atoms with Crippen molar-refractivity contribution in [1.29, 1.82) is 0 Å². The molecule has 1 aromatic rings. The molecule has 15 heavy (non-hydrogen) atoms. The van der Waals surface area contributed by atoms with Crippen molar-refractivity contribution in [3.63, 3.8) is 0 Å². The minimum absolute atomic E-state index is 0.580. The zero-order chi connectivity index (χ0) is 10.7. The Labute approximate surface area is 91.2 Å². The number of rotatable bonds is 6. The molecule has 1 aliphatic carbocycles. The largest absolute Gasteiger partial charge is 0.468 e. The third-order valence-corrected chi connectivity index (χ3v) is 2.98. The average molecular weight is 208 g/mol. The fraction of sp³-hybridized carbons (Fsp3) is 0.667. The smallest absolute Gasteiger partial charge is 0.122 e. The summed E-state index contributed by atoms with van der Waals surface area (Å²) >= 11 is 0. The van der Waals surface area contributed by atoms with Gasteiger partial charge in [-0.1, -0.05) is 6.92 Å². The van der Waals surface area contributed by atoms with E-state index in [9.17, 15) is 0 Å². The number of nitrogens with zero attached hydrogens (tertiary/aromatic N) is 1. The monoisotopic (exact) mass is 208 g/mol. The Hall–Kier alpha value is -0.800. The second kappa shape index (κ2) is 4.81. The van der Waals surface area contributed by atoms with E-state index in [1.165, 1.54) is 19.3 Å². The van der Waals surface area contributed by atoms with E-state index in [2.05, 4.69) is 11.8 Å². The maximum atomic E-state index is 5.66. The van der Waals surface area contributed by atoms with Gasteiger partial charge in [-0.05, 0) is 31.9 Å². The van der Waals surface area contributed by atoms with Gasteiger partial charge in [-0.15, -0.1) is 0 Å². The molecule has 0 aliphatic heterocycles. The fourth-order valence-electron chi connectivity index (χ4n) is 1.99. The van der Waals surface area contributed by atoms with Crippen molar-refractivity contribution >= 4 is 0 Å². The van der Waals surface area contributed by atoms with Crippen LogP contribution in [0.3, 0.4) is 0 Å². The van der Waals surface area contributed by atoms with Crippen LogP contribution in [0, 0.1) is 0 Å². The second-order valence-corrected chi connectivity index (χ2v) is 4.27. The molecule has 2 N–H and O–H groups in total. The molecule has 0 aromatic carbocycles. The van der Waals surface area contributed by atoms with E-state index >= 15 is 0 Å². The molecular formula is C12H20N2O. The predicted molar refractivity (Wildman–Crippen MR) is 60.3 cm³/mol. The Kier molecular flexibility index (Phi) is 3.44. The normalized spacial score (nSPS) is 16.2. The van der Waals surface area contributed by atoms with Crippen LogP contribution >= 0.6 is 0 Å². The molecular weight excluding hydrogens is 188 g/mol. The number of furan rings is 1. The van der Waals surface area contributed by atoms with Crippen LogP contribution in [0.5, 0.6) is 0 Å². The third-order valence-electron chi connectivity index (χ3n) is 2.98. The maximum Gasteiger partial charge on any atom is 0.122 e. The van der Waals surface area contributed by atoms with E-state index in [1.54, 1.807) is 6.26 Å². The van der Waals surface area contributed by atoms with Gasteiger partial charge in [-0.2, -0.15) is 0 Å². The molecule has 3 nitrogen and oxygen atoms in total. The minimum atomic E-state index is 0.580. The number of hydrogen-bond acceptors (Lipinski definition) is 3. The summed E-state index contributed by atoms with van der Waals surface area (Å²) in [6.45, 7) is 4.89. The van der Waals surface area contributed by atoms with Crippen LogP contribution in [0.25, 0.3) is 0 Å². The first kappa shape index (κ1) is 10.7. The lowest BCUT2D eigenvalue weighted by molar-refractivity contribution is 0.233. The third kappa shape index (κ3) is 2.61. The Balaban J connectivity index is 1.98. The average Bonchev–Trinajstić information content (AvgIpc) is 2.99. The summed E-state index contributed by atoms with van der Waals surface area (Å²) < 4.78 is 5.49. The lowest BCUT2D eigenvalue weighted by Gasteiger charge is -2.20. The number of hydrogen-bond donors (Lipinski definition) is 1. The molecule has 1 fully saturated rings. The van der Waals surface area contributed by atoms with Crippen molar-refractivity contribution < 1.29 is 4.42 Å². The zero-order valence-electron chi connectivity index (χ0n) is 9.41. The Morgan fingerprint density at radius 1 is 1.53 bits per heavy atom. The molecule has 0 saturated heterocycles. The molecule has 2 rings (SSSR count). The highest BCUT2D eigenvalue weighted by Gasteiger charge is 2.29. The van der Waals surface area contributed by atoms with Crippen LogP contribution in [-0.2, 0) is 13.1 Å². The molecule has 0 radical (unpaired) electrons. The highest BCUT2D eigenvalue weighted by molar-refractivity contribution is 5.16. The highest BCUT2D eigenvalue weighted by atomic mass is 16.3. The minimum Gasteiger partial charge on any atom is -0.468 e. The summed E-state index contributed by atoms with van der Waals surface area (Å²) in [4.78, 5) is 2.51. The molecule has 1 aromatic heterocycles. The summed E-state index contributed by atoms with van der Waals surface area (Å²) in [5.41, 5.74) is 6.81. The van der Waals surface area contributed by atoms with Crippen LogP contribution in [-0.4, -0.2) is 17.5 Å². The molecule has 1 aliphatic rings. The standard InChI is InChI=1S/C12H20N2O/c1-2-6-14(11-3-4-11)9-12-10(8-13)5-7-15-12/h5,7,11H,2-4,6,8-9,13H2,1H3. The van der Waals surface area contributed by atoms with E-state index in [0.717, 1.165) is 30.5 Å². The summed E-state index contributed by atoms with van der Waals surface area (Å²) in [7, 11) is 0. The van der Waals surface area contributed by atoms with Gasteiger partial charge in [0.1, 0.15) is 5.76 Å². The SMILES string of the molecule is CCCN(Cc1occc1CN)C1CC1. The molecule has 0 spiro atoms. The van der Waals surface area contributed by atoms with E-state index in [-0.39, 0.29) is 0 Å². The second-order valence-electron chi connectivity index (χ2n) is 4.27. The van der Waals surface area contributed by atoms with Crippen molar-refractivity contribution in [3.05, 3.63) is 23.7 Å². The van der Waals surface area contributed by atoms with Crippen LogP contribution < -0.4 is 5.73 Å². The van der Waals surface area contributed by atoms with E-state index in [4.69, 9.17) is 10.2 Å². The van der Waals surface area contributed by atoms with Gasteiger partial charge in [-0.25, -0.2) is 0 Å². The molecule has 0 unspecified atom stereocenters. The predicted octanol–water partition coefficient (Wildman–Crippen LogP) is 2.11. The van der Waals surface area contributed by atoms with Gasteiger partial charge in [0, 0.05) is 18.2 Å². The topological polar surface area (TPSA) is 42.4 Å². The lowest BCUT2D eigenvalue weighted by Crippen LogP contribution is -2.26. The Morgan fingerprint density at radius 3 is 2.93 bits per heavy atom. The van der Waals surface area contributed by atoms with E-state index in [1.807, 2.05) is 6.07 Å². The van der Waals surface area contributed by atoms with E-state index < -0.39 is 0 Å². The van der Waals surface area contributed by atoms with Gasteiger partial charge < -0.3 is 10.2 Å². The summed E-state index contributed by atoms with van der Waals surface area (Å²) in [5.74, 6) is 1.05. The van der Waals surface area contributed by atoms with Gasteiger partial charge in [0.05, 0.1) is 12.8 Å². The molecule has 0 bridgehead atoms. The molecule has 1 saturated carbocycles. The molecule has 84 valence electrons. The summed E-state index contributed by atoms with van der Waals surface area (Å²) in [6, 6.07) is 2.77. The zero-order valence-corrected chi connectivity index (χ0v) is 9.41. The van der Waals surface area contributed by atoms with Gasteiger partial charge in [0.2, 0.25) is 0 Å². The van der Waals surface area contributed by atoms with Crippen molar-refractivity contribution in [1.82, 2.24) is 4.90 Å². The van der Waals surface area contributed by atoms with Crippen LogP contribution in [0.4, 0.5) is 0 Å². The molecule has 3 heteroatoms. The first-order valence-corrected chi connectivity index (χ1v) is 5.84. The quantitative estimate of drug-likeness (QED) is 0.778. The first-order valence-electron chi connectivity index (χ1n) is 5.84. The Bertz CT molecular complexity index is 304. The first-order chi connectivity index (χ1) is 7.35. The van der Waals surface area contributed by atoms with Crippen molar-refractivity contribution in [2.75, 3.05) is 6.54 Å². The molecule has 0 atom stereocenters.